The molecule has 0 radical (unpaired) electrons. The fourth-order valence-corrected chi connectivity index (χ4v) is 3.02. The number of thiophene rings is 1. The van der Waals surface area contributed by atoms with Crippen LogP contribution in [0.4, 0.5) is 8.78 Å². The minimum atomic E-state index is -2.50. The van der Waals surface area contributed by atoms with Gasteiger partial charge in [0, 0.05) is 17.7 Å². The maximum Gasteiger partial charge on any atom is 0.248 e. The number of hydrogen-bond donors (Lipinski definition) is 0. The fraction of sp³-hybridized carbons (Fsp3) is 0.600. The van der Waals surface area contributed by atoms with Gasteiger partial charge >= 0.3 is 0 Å². The van der Waals surface area contributed by atoms with Crippen molar-refractivity contribution in [1.82, 2.24) is 0 Å². The van der Waals surface area contributed by atoms with Crippen molar-refractivity contribution < 1.29 is 13.5 Å². The van der Waals surface area contributed by atoms with E-state index < -0.39 is 5.92 Å². The molecule has 2 rings (SSSR count). The van der Waals surface area contributed by atoms with E-state index in [1.54, 1.807) is 7.11 Å². The number of ether oxygens (including phenoxy) is 1. The van der Waals surface area contributed by atoms with Gasteiger partial charge in [0.15, 0.2) is 5.06 Å². The van der Waals surface area contributed by atoms with E-state index in [0.717, 1.165) is 9.94 Å². The third kappa shape index (κ3) is 2.26. The topological polar surface area (TPSA) is 9.23 Å². The Morgan fingerprint density at radius 3 is 2.67 bits per heavy atom. The summed E-state index contributed by atoms with van der Waals surface area (Å²) in [7, 11) is 1.58. The first kappa shape index (κ1) is 11.1. The first-order valence-electron chi connectivity index (χ1n) is 4.67. The third-order valence-electron chi connectivity index (χ3n) is 2.61. The molecule has 1 heterocycles. The summed E-state index contributed by atoms with van der Waals surface area (Å²) in [6, 6.07) is 3.66. The number of hydrogen-bond acceptors (Lipinski definition) is 2. The number of halogens is 3. The first-order chi connectivity index (χ1) is 7.02. The van der Waals surface area contributed by atoms with Crippen LogP contribution in [0, 0.1) is 5.92 Å². The Balaban J connectivity index is 1.99. The molecule has 0 amide bonds. The maximum atomic E-state index is 12.7. The predicted molar refractivity (Wildman–Crippen MR) is 57.1 cm³/mol. The van der Waals surface area contributed by atoms with Crippen LogP contribution in [0.3, 0.4) is 0 Å². The van der Waals surface area contributed by atoms with Crippen LogP contribution in [0.5, 0.6) is 5.06 Å². The van der Waals surface area contributed by atoms with Gasteiger partial charge in [0.2, 0.25) is 5.92 Å². The van der Waals surface area contributed by atoms with Gasteiger partial charge in [0.05, 0.1) is 12.5 Å². The van der Waals surface area contributed by atoms with Crippen LogP contribution >= 0.6 is 22.9 Å². The van der Waals surface area contributed by atoms with Gasteiger partial charge < -0.3 is 4.74 Å². The van der Waals surface area contributed by atoms with E-state index in [1.165, 1.54) is 11.3 Å². The maximum absolute atomic E-state index is 12.7. The quantitative estimate of drug-likeness (QED) is 0.737. The van der Waals surface area contributed by atoms with Crippen molar-refractivity contribution >= 4 is 22.9 Å². The van der Waals surface area contributed by atoms with E-state index in [-0.39, 0.29) is 24.1 Å². The largest absolute Gasteiger partial charge is 0.487 e. The lowest BCUT2D eigenvalue weighted by Gasteiger charge is -2.37. The van der Waals surface area contributed by atoms with Gasteiger partial charge in [-0.3, -0.25) is 0 Å². The molecular formula is C10H11ClF2OS. The lowest BCUT2D eigenvalue weighted by Crippen LogP contribution is -2.37. The zero-order valence-electron chi connectivity index (χ0n) is 8.17. The van der Waals surface area contributed by atoms with Gasteiger partial charge in [-0.25, -0.2) is 8.78 Å². The van der Waals surface area contributed by atoms with Crippen molar-refractivity contribution in [2.45, 2.75) is 24.1 Å². The van der Waals surface area contributed by atoms with E-state index in [4.69, 9.17) is 16.3 Å². The van der Waals surface area contributed by atoms with Gasteiger partial charge in [0.25, 0.3) is 0 Å². The third-order valence-corrected chi connectivity index (χ3v) is 4.46. The van der Waals surface area contributed by atoms with E-state index in [0.29, 0.717) is 0 Å². The predicted octanol–water partition coefficient (Wildman–Crippen LogP) is 4.08. The van der Waals surface area contributed by atoms with Crippen molar-refractivity contribution in [3.63, 3.8) is 0 Å². The van der Waals surface area contributed by atoms with Crippen molar-refractivity contribution in [2.24, 2.45) is 5.92 Å². The SMILES string of the molecule is COc1ccc(C(Cl)C2CC(F)(F)C2)s1. The molecule has 1 aliphatic carbocycles. The molecule has 0 bridgehead atoms. The number of methoxy groups -OCH3 is 1. The summed E-state index contributed by atoms with van der Waals surface area (Å²) in [5, 5.41) is 0.459. The fourth-order valence-electron chi connectivity index (χ4n) is 1.74. The standard InChI is InChI=1S/C10H11ClF2OS/c1-14-8-3-2-7(15-8)9(11)6-4-10(12,13)5-6/h2-3,6,9H,4-5H2,1H3. The van der Waals surface area contributed by atoms with Gasteiger partial charge in [-0.15, -0.1) is 22.9 Å². The monoisotopic (exact) mass is 252 g/mol. The van der Waals surface area contributed by atoms with E-state index in [9.17, 15) is 8.78 Å². The molecule has 1 aromatic heterocycles. The molecule has 1 aliphatic rings. The lowest BCUT2D eigenvalue weighted by molar-refractivity contribution is -0.110. The molecule has 15 heavy (non-hydrogen) atoms. The first-order valence-corrected chi connectivity index (χ1v) is 5.93. The smallest absolute Gasteiger partial charge is 0.248 e. The summed E-state index contributed by atoms with van der Waals surface area (Å²) in [6.07, 6.45) is -0.192. The lowest BCUT2D eigenvalue weighted by atomic mass is 9.78. The molecule has 0 N–H and O–H groups in total. The molecule has 5 heteroatoms. The molecule has 0 saturated heterocycles. The Morgan fingerprint density at radius 2 is 2.20 bits per heavy atom. The summed E-state index contributed by atoms with van der Waals surface area (Å²) < 4.78 is 30.3. The molecule has 1 unspecified atom stereocenters. The van der Waals surface area contributed by atoms with Gasteiger partial charge in [0.1, 0.15) is 0 Å². The van der Waals surface area contributed by atoms with Crippen LogP contribution in [0.25, 0.3) is 0 Å². The van der Waals surface area contributed by atoms with Crippen molar-refractivity contribution in [1.29, 1.82) is 0 Å². The second kappa shape index (κ2) is 3.91. The normalized spacial score (nSPS) is 22.1. The van der Waals surface area contributed by atoms with Crippen LogP contribution in [-0.4, -0.2) is 13.0 Å². The molecule has 0 spiro atoms. The molecule has 84 valence electrons. The Hall–Kier alpha value is -0.350. The van der Waals surface area contributed by atoms with E-state index in [1.807, 2.05) is 12.1 Å². The van der Waals surface area contributed by atoms with E-state index >= 15 is 0 Å². The van der Waals surface area contributed by atoms with Gasteiger partial charge in [-0.05, 0) is 18.1 Å². The molecule has 1 fully saturated rings. The Labute approximate surface area is 96.0 Å². The Bertz CT molecular complexity index is 345. The highest BCUT2D eigenvalue weighted by molar-refractivity contribution is 7.14. The Kier molecular flexibility index (Phi) is 2.90. The molecule has 0 aromatic carbocycles. The average molecular weight is 253 g/mol. The highest BCUT2D eigenvalue weighted by atomic mass is 35.5. The molecular weight excluding hydrogens is 242 g/mol. The summed E-state index contributed by atoms with van der Waals surface area (Å²) in [6.45, 7) is 0. The van der Waals surface area contributed by atoms with Crippen LogP contribution in [0.1, 0.15) is 23.1 Å². The highest BCUT2D eigenvalue weighted by Crippen LogP contribution is 2.51. The second-order valence-corrected chi connectivity index (χ2v) is 5.34. The second-order valence-electron chi connectivity index (χ2n) is 3.79. The minimum absolute atomic E-state index is 0.0959. The van der Waals surface area contributed by atoms with E-state index in [2.05, 4.69) is 0 Å². The molecule has 1 atom stereocenters. The number of alkyl halides is 3. The van der Waals surface area contributed by atoms with Gasteiger partial charge in [-0.2, -0.15) is 0 Å². The van der Waals surface area contributed by atoms with Crippen molar-refractivity contribution in [3.05, 3.63) is 17.0 Å². The molecule has 1 nitrogen and oxygen atoms in total. The van der Waals surface area contributed by atoms with Crippen molar-refractivity contribution in [3.8, 4) is 5.06 Å². The Morgan fingerprint density at radius 1 is 1.53 bits per heavy atom. The summed E-state index contributed by atoms with van der Waals surface area (Å²) >= 11 is 7.55. The zero-order valence-corrected chi connectivity index (χ0v) is 9.75. The highest BCUT2D eigenvalue weighted by Gasteiger charge is 2.48. The number of rotatable bonds is 3. The average Bonchev–Trinajstić information content (AvgIpc) is 2.61. The summed E-state index contributed by atoms with van der Waals surface area (Å²) in [4.78, 5) is 0.911. The minimum Gasteiger partial charge on any atom is -0.487 e. The van der Waals surface area contributed by atoms with Crippen LogP contribution < -0.4 is 4.74 Å². The summed E-state index contributed by atoms with van der Waals surface area (Å²) in [5.74, 6) is -2.61. The van der Waals surface area contributed by atoms with Gasteiger partial charge in [-0.1, -0.05) is 0 Å². The van der Waals surface area contributed by atoms with Crippen LogP contribution in [0.2, 0.25) is 0 Å². The summed E-state index contributed by atoms with van der Waals surface area (Å²) in [5.41, 5.74) is 0. The molecule has 1 aromatic rings. The van der Waals surface area contributed by atoms with Crippen molar-refractivity contribution in [2.75, 3.05) is 7.11 Å². The van der Waals surface area contributed by atoms with Crippen LogP contribution in [-0.2, 0) is 0 Å². The molecule has 0 aliphatic heterocycles. The zero-order chi connectivity index (χ0) is 11.1. The molecule has 1 saturated carbocycles. The van der Waals surface area contributed by atoms with Crippen LogP contribution in [0.15, 0.2) is 12.1 Å².